The maximum atomic E-state index is 8.82. The van der Waals surface area contributed by atoms with Crippen LogP contribution in [0.1, 0.15) is 11.8 Å². The molecule has 0 fully saturated rings. The van der Waals surface area contributed by atoms with Crippen molar-refractivity contribution in [3.05, 3.63) is 20.8 Å². The predicted octanol–water partition coefficient (Wildman–Crippen LogP) is 3.37. The average Bonchev–Trinajstić information content (AvgIpc) is 2.51. The van der Waals surface area contributed by atoms with E-state index in [-0.39, 0.29) is 0 Å². The van der Waals surface area contributed by atoms with E-state index in [0.717, 1.165) is 11.5 Å². The Morgan fingerprint density at radius 2 is 2.38 bits per heavy atom. The maximum Gasteiger partial charge on any atom is 0.0701 e. The largest absolute Gasteiger partial charge is 0.396 e. The fourth-order valence-electron chi connectivity index (χ4n) is 0.843. The van der Waals surface area contributed by atoms with E-state index in [1.54, 1.807) is 11.3 Å². The number of halogens is 1. The van der Waals surface area contributed by atoms with Crippen molar-refractivity contribution >= 4 is 39.0 Å². The second kappa shape index (κ2) is 6.06. The summed E-state index contributed by atoms with van der Waals surface area (Å²) in [7, 11) is 0. The van der Waals surface area contributed by atoms with Crippen LogP contribution in [0.3, 0.4) is 0 Å². The summed E-state index contributed by atoms with van der Waals surface area (Å²) in [5.74, 6) is 2.50. The van der Waals surface area contributed by atoms with E-state index in [1.807, 2.05) is 11.8 Å². The number of thiophene rings is 1. The molecule has 0 bridgehead atoms. The average molecular weight is 281 g/mol. The van der Waals surface area contributed by atoms with Crippen LogP contribution in [0.15, 0.2) is 15.9 Å². The van der Waals surface area contributed by atoms with E-state index >= 15 is 0 Å². The molecule has 1 aromatic heterocycles. The minimum Gasteiger partial charge on any atom is -0.396 e. The SMILES string of the molecule is CC(CO)CSCc1ccc(Br)s1. The Hall–Kier alpha value is 0.490. The van der Waals surface area contributed by atoms with Crippen LogP contribution < -0.4 is 0 Å². The van der Waals surface area contributed by atoms with Crippen LogP contribution in [0.2, 0.25) is 0 Å². The Bertz CT molecular complexity index is 250. The molecule has 1 rings (SSSR count). The van der Waals surface area contributed by atoms with E-state index in [9.17, 15) is 0 Å². The van der Waals surface area contributed by atoms with Gasteiger partial charge in [-0.05, 0) is 39.7 Å². The van der Waals surface area contributed by atoms with E-state index < -0.39 is 0 Å². The molecule has 0 aliphatic carbocycles. The smallest absolute Gasteiger partial charge is 0.0701 e. The van der Waals surface area contributed by atoms with Crippen molar-refractivity contribution < 1.29 is 5.11 Å². The lowest BCUT2D eigenvalue weighted by Gasteiger charge is -2.05. The van der Waals surface area contributed by atoms with Crippen molar-refractivity contribution in [2.75, 3.05) is 12.4 Å². The molecule has 0 radical (unpaired) electrons. The quantitative estimate of drug-likeness (QED) is 0.893. The molecule has 13 heavy (non-hydrogen) atoms. The number of aliphatic hydroxyl groups excluding tert-OH is 1. The summed E-state index contributed by atoms with van der Waals surface area (Å²) in [6, 6.07) is 4.22. The molecule has 0 aliphatic heterocycles. The summed E-state index contributed by atoms with van der Waals surface area (Å²) < 4.78 is 1.19. The Labute approximate surface area is 95.7 Å². The lowest BCUT2D eigenvalue weighted by atomic mass is 10.2. The zero-order valence-corrected chi connectivity index (χ0v) is 10.7. The maximum absolute atomic E-state index is 8.82. The number of hydrogen-bond acceptors (Lipinski definition) is 3. The van der Waals surface area contributed by atoms with Gasteiger partial charge >= 0.3 is 0 Å². The van der Waals surface area contributed by atoms with Crippen molar-refractivity contribution in [2.24, 2.45) is 5.92 Å². The highest BCUT2D eigenvalue weighted by Crippen LogP contribution is 2.26. The molecule has 1 atom stereocenters. The minimum absolute atomic E-state index is 0.293. The van der Waals surface area contributed by atoms with Crippen molar-refractivity contribution in [1.82, 2.24) is 0 Å². The third-order valence-corrected chi connectivity index (χ3v) is 4.71. The highest BCUT2D eigenvalue weighted by Gasteiger charge is 2.01. The van der Waals surface area contributed by atoms with E-state index in [0.29, 0.717) is 12.5 Å². The normalized spacial score (nSPS) is 13.2. The van der Waals surface area contributed by atoms with Gasteiger partial charge in [0.2, 0.25) is 0 Å². The van der Waals surface area contributed by atoms with Gasteiger partial charge in [0.15, 0.2) is 0 Å². The zero-order valence-electron chi connectivity index (χ0n) is 7.50. The first-order valence-corrected chi connectivity index (χ1v) is 6.91. The summed E-state index contributed by atoms with van der Waals surface area (Å²) in [4.78, 5) is 1.39. The number of thioether (sulfide) groups is 1. The highest BCUT2D eigenvalue weighted by atomic mass is 79.9. The summed E-state index contributed by atoms with van der Waals surface area (Å²) >= 11 is 7.10. The zero-order chi connectivity index (χ0) is 9.68. The van der Waals surface area contributed by atoms with Crippen LogP contribution in [-0.4, -0.2) is 17.5 Å². The van der Waals surface area contributed by atoms with Crippen LogP contribution in [0, 0.1) is 5.92 Å². The topological polar surface area (TPSA) is 20.2 Å². The van der Waals surface area contributed by atoms with E-state index in [4.69, 9.17) is 5.11 Å². The molecule has 0 aromatic carbocycles. The van der Waals surface area contributed by atoms with Gasteiger partial charge in [0.1, 0.15) is 0 Å². The van der Waals surface area contributed by atoms with Gasteiger partial charge in [-0.1, -0.05) is 6.92 Å². The lowest BCUT2D eigenvalue weighted by molar-refractivity contribution is 0.250. The third-order valence-electron chi connectivity index (χ3n) is 1.59. The van der Waals surface area contributed by atoms with Crippen LogP contribution in [-0.2, 0) is 5.75 Å². The molecule has 4 heteroatoms. The first-order chi connectivity index (χ1) is 6.22. The predicted molar refractivity (Wildman–Crippen MR) is 64.4 cm³/mol. The van der Waals surface area contributed by atoms with Gasteiger partial charge in [0.25, 0.3) is 0 Å². The molecule has 1 nitrogen and oxygen atoms in total. The Kier molecular flexibility index (Phi) is 5.39. The minimum atomic E-state index is 0.293. The van der Waals surface area contributed by atoms with Gasteiger partial charge in [-0.2, -0.15) is 11.8 Å². The van der Waals surface area contributed by atoms with Crippen LogP contribution in [0.25, 0.3) is 0 Å². The fraction of sp³-hybridized carbons (Fsp3) is 0.556. The van der Waals surface area contributed by atoms with Gasteiger partial charge < -0.3 is 5.11 Å². The van der Waals surface area contributed by atoms with Gasteiger partial charge in [-0.15, -0.1) is 11.3 Å². The van der Waals surface area contributed by atoms with Gasteiger partial charge in [0.05, 0.1) is 3.79 Å². The van der Waals surface area contributed by atoms with Crippen molar-refractivity contribution in [3.63, 3.8) is 0 Å². The summed E-state index contributed by atoms with van der Waals surface area (Å²) in [6.45, 7) is 2.36. The molecule has 0 spiro atoms. The van der Waals surface area contributed by atoms with Crippen LogP contribution in [0.5, 0.6) is 0 Å². The molecule has 74 valence electrons. The second-order valence-corrected chi connectivity index (χ2v) is 6.59. The Morgan fingerprint density at radius 3 is 2.92 bits per heavy atom. The highest BCUT2D eigenvalue weighted by molar-refractivity contribution is 9.11. The number of aliphatic hydroxyl groups is 1. The van der Waals surface area contributed by atoms with Crippen LogP contribution >= 0.6 is 39.0 Å². The summed E-state index contributed by atoms with van der Waals surface area (Å²) in [5.41, 5.74) is 0. The fourth-order valence-corrected chi connectivity index (χ4v) is 3.53. The Morgan fingerprint density at radius 1 is 1.62 bits per heavy atom. The summed E-state index contributed by atoms with van der Waals surface area (Å²) in [5, 5.41) is 8.82. The molecule has 1 aromatic rings. The third kappa shape index (κ3) is 4.49. The number of rotatable bonds is 5. The van der Waals surface area contributed by atoms with Crippen molar-refractivity contribution in [1.29, 1.82) is 0 Å². The molecule has 1 heterocycles. The monoisotopic (exact) mass is 280 g/mol. The number of hydrogen-bond donors (Lipinski definition) is 1. The van der Waals surface area contributed by atoms with Crippen molar-refractivity contribution in [3.8, 4) is 0 Å². The van der Waals surface area contributed by atoms with Gasteiger partial charge in [-0.3, -0.25) is 0 Å². The Balaban J connectivity index is 2.20. The van der Waals surface area contributed by atoms with E-state index in [2.05, 4.69) is 35.0 Å². The van der Waals surface area contributed by atoms with Gasteiger partial charge in [-0.25, -0.2) is 0 Å². The molecule has 1 N–H and O–H groups in total. The molecule has 0 saturated carbocycles. The lowest BCUT2D eigenvalue weighted by Crippen LogP contribution is -2.03. The van der Waals surface area contributed by atoms with Crippen molar-refractivity contribution in [2.45, 2.75) is 12.7 Å². The molecular formula is C9H13BrOS2. The van der Waals surface area contributed by atoms with Crippen LogP contribution in [0.4, 0.5) is 0 Å². The molecule has 0 amide bonds. The standard InChI is InChI=1S/C9H13BrOS2/c1-7(4-11)5-12-6-8-2-3-9(10)13-8/h2-3,7,11H,4-6H2,1H3. The molecule has 0 saturated heterocycles. The first kappa shape index (κ1) is 11.6. The molecule has 0 aliphatic rings. The summed E-state index contributed by atoms with van der Waals surface area (Å²) in [6.07, 6.45) is 0. The second-order valence-electron chi connectivity index (χ2n) is 3.01. The first-order valence-electron chi connectivity index (χ1n) is 4.15. The van der Waals surface area contributed by atoms with Gasteiger partial charge in [0, 0.05) is 17.2 Å². The molecular weight excluding hydrogens is 268 g/mol. The van der Waals surface area contributed by atoms with E-state index in [1.165, 1.54) is 8.66 Å². The molecule has 1 unspecified atom stereocenters.